The number of carbonyl (C=O) groups is 1. The number of nitrogens with one attached hydrogen (secondary N) is 1. The van der Waals surface area contributed by atoms with Crippen LogP contribution in [0.2, 0.25) is 0 Å². The molecule has 1 N–H and O–H groups in total. The van der Waals surface area contributed by atoms with Crippen LogP contribution in [0.15, 0.2) is 88.7 Å². The number of hydrogen-bond acceptors (Lipinski definition) is 3. The predicted molar refractivity (Wildman–Crippen MR) is 109 cm³/mol. The second-order valence-corrected chi connectivity index (χ2v) is 7.14. The molecule has 0 saturated heterocycles. The zero-order valence-electron chi connectivity index (χ0n) is 14.9. The minimum atomic E-state index is -0.0828. The Bertz CT molecular complexity index is 948. The number of aryl methyl sites for hydroxylation is 1. The molecule has 3 aromatic rings. The summed E-state index contributed by atoms with van der Waals surface area (Å²) in [6.45, 7) is 0.626. The van der Waals surface area contributed by atoms with Gasteiger partial charge >= 0.3 is 0 Å². The monoisotopic (exact) mass is 372 g/mol. The van der Waals surface area contributed by atoms with Gasteiger partial charge in [0.2, 0.25) is 0 Å². The van der Waals surface area contributed by atoms with Gasteiger partial charge in [-0.25, -0.2) is 0 Å². The van der Waals surface area contributed by atoms with Gasteiger partial charge in [-0.05, 0) is 42.7 Å². The normalized spacial score (nSPS) is 10.2. The van der Waals surface area contributed by atoms with Gasteiger partial charge in [0, 0.05) is 16.3 Å². The molecule has 0 unspecified atom stereocenters. The Balaban J connectivity index is 1.63. The Morgan fingerprint density at radius 3 is 2.33 bits per heavy atom. The summed E-state index contributed by atoms with van der Waals surface area (Å²) in [6.07, 6.45) is 1.83. The third-order valence-corrected chi connectivity index (χ3v) is 5.28. The van der Waals surface area contributed by atoms with E-state index >= 15 is 0 Å². The lowest BCUT2D eigenvalue weighted by atomic mass is 10.1. The molecule has 0 radical (unpaired) electrons. The average molecular weight is 372 g/mol. The van der Waals surface area contributed by atoms with Crippen molar-refractivity contribution in [2.24, 2.45) is 0 Å². The Hall–Kier alpha value is -3.03. The Kier molecular flexibility index (Phi) is 6.67. The van der Waals surface area contributed by atoms with E-state index in [4.69, 9.17) is 0 Å². The van der Waals surface area contributed by atoms with E-state index in [9.17, 15) is 10.1 Å². The van der Waals surface area contributed by atoms with E-state index in [1.54, 1.807) is 6.07 Å². The van der Waals surface area contributed by atoms with E-state index < -0.39 is 0 Å². The van der Waals surface area contributed by atoms with Crippen molar-refractivity contribution in [3.63, 3.8) is 0 Å². The van der Waals surface area contributed by atoms with Crippen LogP contribution < -0.4 is 5.32 Å². The predicted octanol–water partition coefficient (Wildman–Crippen LogP) is 5.07. The molecule has 0 aromatic heterocycles. The standard InChI is InChI=1S/C23H20N2OS/c24-17-19-12-4-6-14-21(19)27-22-15-7-5-13-20(22)23(26)25-16-8-11-18-9-2-1-3-10-18/h1-7,9-10,12-15H,8,11,16H2,(H,25,26). The van der Waals surface area contributed by atoms with Crippen LogP contribution in [0.25, 0.3) is 0 Å². The van der Waals surface area contributed by atoms with Gasteiger partial charge < -0.3 is 5.32 Å². The van der Waals surface area contributed by atoms with Crippen LogP contribution in [0.5, 0.6) is 0 Å². The Labute approximate surface area is 164 Å². The van der Waals surface area contributed by atoms with Crippen molar-refractivity contribution in [2.45, 2.75) is 22.6 Å². The number of nitrogens with zero attached hydrogens (tertiary/aromatic N) is 1. The van der Waals surface area contributed by atoms with Crippen LogP contribution in [0, 0.1) is 11.3 Å². The molecule has 0 atom stereocenters. The number of amides is 1. The second-order valence-electron chi connectivity index (χ2n) is 6.05. The highest BCUT2D eigenvalue weighted by Crippen LogP contribution is 2.32. The van der Waals surface area contributed by atoms with Gasteiger partial charge in [-0.15, -0.1) is 0 Å². The lowest BCUT2D eigenvalue weighted by Crippen LogP contribution is -2.25. The lowest BCUT2D eigenvalue weighted by molar-refractivity contribution is 0.0950. The number of carbonyl (C=O) groups excluding carboxylic acids is 1. The van der Waals surface area contributed by atoms with E-state index in [0.29, 0.717) is 17.7 Å². The molecular formula is C23H20N2OS. The van der Waals surface area contributed by atoms with E-state index in [0.717, 1.165) is 22.6 Å². The van der Waals surface area contributed by atoms with E-state index in [2.05, 4.69) is 23.5 Å². The molecule has 27 heavy (non-hydrogen) atoms. The van der Waals surface area contributed by atoms with Crippen molar-refractivity contribution in [1.82, 2.24) is 5.32 Å². The van der Waals surface area contributed by atoms with Crippen LogP contribution in [-0.2, 0) is 6.42 Å². The van der Waals surface area contributed by atoms with Gasteiger partial charge in [-0.3, -0.25) is 4.79 Å². The maximum Gasteiger partial charge on any atom is 0.252 e. The zero-order valence-corrected chi connectivity index (χ0v) is 15.7. The van der Waals surface area contributed by atoms with Crippen molar-refractivity contribution in [3.05, 3.63) is 95.6 Å². The minimum absolute atomic E-state index is 0.0828. The SMILES string of the molecule is N#Cc1ccccc1Sc1ccccc1C(=O)NCCCc1ccccc1. The van der Waals surface area contributed by atoms with E-state index in [-0.39, 0.29) is 5.91 Å². The fourth-order valence-corrected chi connectivity index (χ4v) is 3.77. The first-order chi connectivity index (χ1) is 13.3. The molecule has 0 saturated carbocycles. The number of nitriles is 1. The molecule has 0 bridgehead atoms. The minimum Gasteiger partial charge on any atom is -0.352 e. The molecule has 134 valence electrons. The molecule has 0 spiro atoms. The molecule has 0 fully saturated rings. The van der Waals surface area contributed by atoms with Crippen molar-refractivity contribution in [1.29, 1.82) is 5.26 Å². The summed E-state index contributed by atoms with van der Waals surface area (Å²) in [6, 6.07) is 27.4. The van der Waals surface area contributed by atoms with Gasteiger partial charge in [-0.2, -0.15) is 5.26 Å². The smallest absolute Gasteiger partial charge is 0.252 e. The molecule has 0 aliphatic heterocycles. The highest BCUT2D eigenvalue weighted by molar-refractivity contribution is 7.99. The van der Waals surface area contributed by atoms with Gasteiger partial charge in [0.15, 0.2) is 0 Å². The molecule has 3 rings (SSSR count). The maximum atomic E-state index is 12.6. The quantitative estimate of drug-likeness (QED) is 0.589. The summed E-state index contributed by atoms with van der Waals surface area (Å²) >= 11 is 1.45. The first-order valence-electron chi connectivity index (χ1n) is 8.86. The summed E-state index contributed by atoms with van der Waals surface area (Å²) in [4.78, 5) is 14.3. The van der Waals surface area contributed by atoms with Gasteiger partial charge in [-0.1, -0.05) is 66.4 Å². The van der Waals surface area contributed by atoms with Crippen molar-refractivity contribution < 1.29 is 4.79 Å². The third-order valence-electron chi connectivity index (χ3n) is 4.13. The fraction of sp³-hybridized carbons (Fsp3) is 0.130. The lowest BCUT2D eigenvalue weighted by Gasteiger charge is -2.10. The average Bonchev–Trinajstić information content (AvgIpc) is 2.72. The topological polar surface area (TPSA) is 52.9 Å². The molecule has 0 aliphatic rings. The molecule has 0 heterocycles. The van der Waals surface area contributed by atoms with Gasteiger partial charge in [0.05, 0.1) is 11.1 Å². The van der Waals surface area contributed by atoms with Crippen LogP contribution in [0.4, 0.5) is 0 Å². The summed E-state index contributed by atoms with van der Waals surface area (Å²) in [5.74, 6) is -0.0828. The maximum absolute atomic E-state index is 12.6. The highest BCUT2D eigenvalue weighted by Gasteiger charge is 2.13. The largest absolute Gasteiger partial charge is 0.352 e. The summed E-state index contributed by atoms with van der Waals surface area (Å²) < 4.78 is 0. The van der Waals surface area contributed by atoms with Crippen molar-refractivity contribution >= 4 is 17.7 Å². The third kappa shape index (κ3) is 5.22. The highest BCUT2D eigenvalue weighted by atomic mass is 32.2. The Morgan fingerprint density at radius 1 is 0.889 bits per heavy atom. The summed E-state index contributed by atoms with van der Waals surface area (Å²) in [7, 11) is 0. The van der Waals surface area contributed by atoms with Crippen LogP contribution in [0.1, 0.15) is 27.9 Å². The van der Waals surface area contributed by atoms with Crippen LogP contribution in [-0.4, -0.2) is 12.5 Å². The molecular weight excluding hydrogens is 352 g/mol. The second kappa shape index (κ2) is 9.61. The molecule has 3 aromatic carbocycles. The molecule has 3 nitrogen and oxygen atoms in total. The number of benzene rings is 3. The first kappa shape index (κ1) is 18.8. The zero-order chi connectivity index (χ0) is 18.9. The van der Waals surface area contributed by atoms with Crippen molar-refractivity contribution in [2.75, 3.05) is 6.54 Å². The summed E-state index contributed by atoms with van der Waals surface area (Å²) in [5, 5.41) is 12.3. The molecule has 4 heteroatoms. The van der Waals surface area contributed by atoms with Gasteiger partial charge in [0.1, 0.15) is 6.07 Å². The van der Waals surface area contributed by atoms with E-state index in [1.807, 2.05) is 60.7 Å². The van der Waals surface area contributed by atoms with Crippen LogP contribution >= 0.6 is 11.8 Å². The van der Waals surface area contributed by atoms with E-state index in [1.165, 1.54) is 17.3 Å². The molecule has 1 amide bonds. The van der Waals surface area contributed by atoms with Crippen LogP contribution in [0.3, 0.4) is 0 Å². The fourth-order valence-electron chi connectivity index (χ4n) is 2.74. The Morgan fingerprint density at radius 2 is 1.56 bits per heavy atom. The summed E-state index contributed by atoms with van der Waals surface area (Å²) in [5.41, 5.74) is 2.52. The first-order valence-corrected chi connectivity index (χ1v) is 9.67. The number of hydrogen-bond donors (Lipinski definition) is 1. The van der Waals surface area contributed by atoms with Gasteiger partial charge in [0.25, 0.3) is 5.91 Å². The van der Waals surface area contributed by atoms with Crippen molar-refractivity contribution in [3.8, 4) is 6.07 Å². The molecule has 0 aliphatic carbocycles. The number of rotatable bonds is 7.